The lowest BCUT2D eigenvalue weighted by Crippen LogP contribution is -2.61. The van der Waals surface area contributed by atoms with Crippen molar-refractivity contribution in [3.8, 4) is 100 Å². The molecule has 0 spiro atoms. The quantitative estimate of drug-likeness (QED) is 0.119. The Bertz CT molecular complexity index is 4520. The first-order valence-corrected chi connectivity index (χ1v) is 30.1. The predicted octanol–water partition coefficient (Wildman–Crippen LogP) is 20.8. The van der Waals surface area contributed by atoms with Crippen LogP contribution in [0.4, 0.5) is 34.1 Å². The first kappa shape index (κ1) is 51.4. The van der Waals surface area contributed by atoms with E-state index in [4.69, 9.17) is 0 Å². The molecule has 0 radical (unpaired) electrons. The Labute approximate surface area is 510 Å². The largest absolute Gasteiger partial charge is 0.311 e. The van der Waals surface area contributed by atoms with Gasteiger partial charge in [0, 0.05) is 34.1 Å². The maximum atomic E-state index is 2.60. The molecule has 14 aromatic carbocycles. The molecule has 0 bridgehead atoms. The fourth-order valence-electron chi connectivity index (χ4n) is 13.7. The highest BCUT2D eigenvalue weighted by atomic mass is 15.2. The molecule has 2 heterocycles. The van der Waals surface area contributed by atoms with Gasteiger partial charge in [0.25, 0.3) is 6.71 Å². The van der Waals surface area contributed by atoms with E-state index < -0.39 is 0 Å². The smallest absolute Gasteiger partial charge is 0.252 e. The van der Waals surface area contributed by atoms with Gasteiger partial charge in [0.2, 0.25) is 0 Å². The van der Waals surface area contributed by atoms with Crippen LogP contribution >= 0.6 is 0 Å². The summed E-state index contributed by atoms with van der Waals surface area (Å²) in [7, 11) is 0. The van der Waals surface area contributed by atoms with Gasteiger partial charge < -0.3 is 9.80 Å². The number of rotatable bonds is 11. The number of nitrogens with zero attached hydrogens (tertiary/aromatic N) is 2. The van der Waals surface area contributed by atoms with Gasteiger partial charge in [-0.15, -0.1) is 0 Å². The Morgan fingerprint density at radius 2 is 0.414 bits per heavy atom. The predicted molar refractivity (Wildman–Crippen MR) is 369 cm³/mol. The van der Waals surface area contributed by atoms with Gasteiger partial charge in [0.1, 0.15) is 0 Å². The molecule has 2 nitrogen and oxygen atoms in total. The number of anilines is 6. The summed E-state index contributed by atoms with van der Waals surface area (Å²) in [5, 5.41) is 0. The molecule has 0 aliphatic carbocycles. The van der Waals surface area contributed by atoms with E-state index in [-0.39, 0.29) is 6.71 Å². The number of benzene rings is 14. The maximum Gasteiger partial charge on any atom is 0.252 e. The molecule has 16 rings (SSSR count). The molecule has 0 saturated carbocycles. The molecule has 0 saturated heterocycles. The molecule has 87 heavy (non-hydrogen) atoms. The van der Waals surface area contributed by atoms with Crippen LogP contribution in [0.2, 0.25) is 0 Å². The van der Waals surface area contributed by atoms with Gasteiger partial charge in [-0.05, 0) is 165 Å². The summed E-state index contributed by atoms with van der Waals surface area (Å²) >= 11 is 0. The Morgan fingerprint density at radius 3 is 0.701 bits per heavy atom. The molecule has 0 aromatic heterocycles. The third kappa shape index (κ3) is 9.25. The Balaban J connectivity index is 1.07. The SMILES string of the molecule is c1ccc(-c2cc3c4c(c2)N(c2ccc(-c5ccccc5)c(-c5ccccc5)c2)c2cc(-c5ccccc5)c(-c5ccccc5)cc2B4c2cc(-c4ccccc4)c(-c4ccccc4)cc2N3c2ccc(-c3ccccc3)c(-c3ccccc3)c2)cc1. The Morgan fingerprint density at radius 1 is 0.172 bits per heavy atom. The zero-order chi connectivity index (χ0) is 57.6. The van der Waals surface area contributed by atoms with Crippen LogP contribution in [-0.4, -0.2) is 6.71 Å². The van der Waals surface area contributed by atoms with Gasteiger partial charge in [-0.1, -0.05) is 297 Å². The van der Waals surface area contributed by atoms with Crippen LogP contribution in [0.5, 0.6) is 0 Å². The number of hydrogen-bond acceptors (Lipinski definition) is 2. The molecule has 0 unspecified atom stereocenters. The summed E-state index contributed by atoms with van der Waals surface area (Å²) in [5.74, 6) is 0. The minimum atomic E-state index is -0.216. The molecule has 0 amide bonds. The summed E-state index contributed by atoms with van der Waals surface area (Å²) in [6.07, 6.45) is 0. The highest BCUT2D eigenvalue weighted by molar-refractivity contribution is 7.00. The Hall–Kier alpha value is -11.3. The van der Waals surface area contributed by atoms with Crippen molar-refractivity contribution in [3.63, 3.8) is 0 Å². The van der Waals surface area contributed by atoms with Gasteiger partial charge >= 0.3 is 0 Å². The second-order valence-electron chi connectivity index (χ2n) is 22.7. The fraction of sp³-hybridized carbons (Fsp3) is 0. The topological polar surface area (TPSA) is 6.48 Å². The van der Waals surface area contributed by atoms with Crippen LogP contribution in [0, 0.1) is 0 Å². The van der Waals surface area contributed by atoms with E-state index in [1.54, 1.807) is 0 Å². The van der Waals surface area contributed by atoms with E-state index >= 15 is 0 Å². The van der Waals surface area contributed by atoms with Crippen molar-refractivity contribution in [3.05, 3.63) is 346 Å². The van der Waals surface area contributed by atoms with Gasteiger partial charge in [0.05, 0.1) is 0 Å². The molecule has 406 valence electrons. The first-order valence-electron chi connectivity index (χ1n) is 30.1. The Kier molecular flexibility index (Phi) is 13.0. The number of fused-ring (bicyclic) bond motifs is 4. The van der Waals surface area contributed by atoms with E-state index in [2.05, 4.69) is 356 Å². The van der Waals surface area contributed by atoms with Gasteiger partial charge in [-0.3, -0.25) is 0 Å². The first-order chi connectivity index (χ1) is 43.2. The monoisotopic (exact) mass is 1100 g/mol. The molecule has 0 fully saturated rings. The molecule has 0 N–H and O–H groups in total. The van der Waals surface area contributed by atoms with Crippen molar-refractivity contribution < 1.29 is 0 Å². The van der Waals surface area contributed by atoms with Crippen molar-refractivity contribution >= 4 is 57.2 Å². The average Bonchev–Trinajstić information content (AvgIpc) is 0.730. The minimum Gasteiger partial charge on any atom is -0.311 e. The molecular weight excluding hydrogens is 1050 g/mol. The lowest BCUT2D eigenvalue weighted by Gasteiger charge is -2.45. The van der Waals surface area contributed by atoms with Gasteiger partial charge in [-0.2, -0.15) is 0 Å². The van der Waals surface area contributed by atoms with E-state index in [0.29, 0.717) is 0 Å². The second kappa shape index (κ2) is 22.1. The molecule has 14 aromatic rings. The minimum absolute atomic E-state index is 0.216. The normalized spacial score (nSPS) is 12.1. The summed E-state index contributed by atoms with van der Waals surface area (Å²) in [6.45, 7) is -0.216. The molecular formula is C84H57BN2. The highest BCUT2D eigenvalue weighted by Gasteiger charge is 2.45. The lowest BCUT2D eigenvalue weighted by atomic mass is 9.33. The zero-order valence-corrected chi connectivity index (χ0v) is 47.9. The van der Waals surface area contributed by atoms with Crippen LogP contribution < -0.4 is 26.2 Å². The van der Waals surface area contributed by atoms with Crippen molar-refractivity contribution in [2.24, 2.45) is 0 Å². The maximum absolute atomic E-state index is 2.60. The summed E-state index contributed by atoms with van der Waals surface area (Å²) < 4.78 is 0. The van der Waals surface area contributed by atoms with E-state index in [1.165, 1.54) is 83.1 Å². The van der Waals surface area contributed by atoms with Gasteiger partial charge in [-0.25, -0.2) is 0 Å². The zero-order valence-electron chi connectivity index (χ0n) is 47.9. The van der Waals surface area contributed by atoms with Crippen LogP contribution in [-0.2, 0) is 0 Å². The van der Waals surface area contributed by atoms with Crippen LogP contribution in [0.1, 0.15) is 0 Å². The molecule has 2 aliphatic rings. The highest BCUT2D eigenvalue weighted by Crippen LogP contribution is 2.51. The van der Waals surface area contributed by atoms with E-state index in [9.17, 15) is 0 Å². The van der Waals surface area contributed by atoms with Crippen molar-refractivity contribution in [1.29, 1.82) is 0 Å². The summed E-state index contributed by atoms with van der Waals surface area (Å²) in [5.41, 5.74) is 31.4. The van der Waals surface area contributed by atoms with Crippen LogP contribution in [0.3, 0.4) is 0 Å². The van der Waals surface area contributed by atoms with E-state index in [0.717, 1.165) is 67.5 Å². The second-order valence-corrected chi connectivity index (χ2v) is 22.7. The van der Waals surface area contributed by atoms with Crippen molar-refractivity contribution in [2.45, 2.75) is 0 Å². The molecule has 2 aliphatic heterocycles. The summed E-state index contributed by atoms with van der Waals surface area (Å²) in [6, 6.07) is 128. The van der Waals surface area contributed by atoms with Crippen LogP contribution in [0.15, 0.2) is 346 Å². The van der Waals surface area contributed by atoms with Crippen molar-refractivity contribution in [1.82, 2.24) is 0 Å². The lowest BCUT2D eigenvalue weighted by molar-refractivity contribution is 1.25. The summed E-state index contributed by atoms with van der Waals surface area (Å²) in [4.78, 5) is 5.21. The molecule has 3 heteroatoms. The van der Waals surface area contributed by atoms with Gasteiger partial charge in [0.15, 0.2) is 0 Å². The van der Waals surface area contributed by atoms with E-state index in [1.807, 2.05) is 0 Å². The third-order valence-corrected chi connectivity index (χ3v) is 17.7. The fourth-order valence-corrected chi connectivity index (χ4v) is 13.7. The number of hydrogen-bond donors (Lipinski definition) is 0. The average molecular weight is 1110 g/mol. The third-order valence-electron chi connectivity index (χ3n) is 17.7. The van der Waals surface area contributed by atoms with Crippen LogP contribution in [0.25, 0.3) is 100 Å². The molecule has 0 atom stereocenters. The standard InChI is InChI=1S/C84H57BN2/c1-10-28-58(29-11-1)67-50-82-84-83(51-67)87(69-47-49-71(60-32-14-3-15-33-60)73(53-69)62-36-18-5-19-37-62)81-57-77(66-44-26-9-27-45-66)75(64-40-22-7-23-41-64)55-79(81)85(84)78-54-74(63-38-20-6-21-39-63)76(65-42-24-8-25-43-65)56-80(78)86(82)68-46-48-70(59-30-12-2-13-31-59)72(52-68)61-34-16-4-17-35-61/h1-57H. The van der Waals surface area contributed by atoms with Crippen molar-refractivity contribution in [2.75, 3.05) is 9.80 Å².